The molecule has 0 saturated heterocycles. The molecule has 0 atom stereocenters. The number of esters is 1. The highest BCUT2D eigenvalue weighted by Gasteiger charge is 2.01. The van der Waals surface area contributed by atoms with Crippen LogP contribution in [0.1, 0.15) is 24.5 Å². The third-order valence-electron chi connectivity index (χ3n) is 1.99. The lowest BCUT2D eigenvalue weighted by molar-refractivity contribution is -0.141. The Morgan fingerprint density at radius 2 is 2.29 bits per heavy atom. The fourth-order valence-corrected chi connectivity index (χ4v) is 1.20. The maximum Gasteiger partial charge on any atom is 0.317 e. The SMILES string of the molecule is CCOC(=O)CC#Cc1ccc(F)c(CO)c1. The number of carbonyl (C=O) groups excluding carboxylic acids is 1. The summed E-state index contributed by atoms with van der Waals surface area (Å²) >= 11 is 0. The van der Waals surface area contributed by atoms with Crippen LogP contribution in [0.15, 0.2) is 18.2 Å². The number of hydrogen-bond donors (Lipinski definition) is 1. The second-order valence-electron chi connectivity index (χ2n) is 3.25. The smallest absolute Gasteiger partial charge is 0.317 e. The molecular weight excluding hydrogens is 223 g/mol. The molecule has 1 rings (SSSR count). The van der Waals surface area contributed by atoms with E-state index in [2.05, 4.69) is 11.8 Å². The van der Waals surface area contributed by atoms with Gasteiger partial charge in [0.25, 0.3) is 0 Å². The predicted molar refractivity (Wildman–Crippen MR) is 60.5 cm³/mol. The molecule has 0 aliphatic rings. The lowest BCUT2D eigenvalue weighted by Gasteiger charge is -1.99. The van der Waals surface area contributed by atoms with E-state index < -0.39 is 5.82 Å². The van der Waals surface area contributed by atoms with Crippen LogP contribution in [0.4, 0.5) is 4.39 Å². The summed E-state index contributed by atoms with van der Waals surface area (Å²) in [4.78, 5) is 11.0. The zero-order valence-corrected chi connectivity index (χ0v) is 9.50. The maximum atomic E-state index is 13.0. The minimum atomic E-state index is -0.469. The monoisotopic (exact) mass is 236 g/mol. The molecule has 0 radical (unpaired) electrons. The van der Waals surface area contributed by atoms with Gasteiger partial charge < -0.3 is 9.84 Å². The van der Waals surface area contributed by atoms with Crippen molar-refractivity contribution in [3.8, 4) is 11.8 Å². The zero-order valence-electron chi connectivity index (χ0n) is 9.50. The van der Waals surface area contributed by atoms with E-state index in [1.807, 2.05) is 0 Å². The molecule has 1 aromatic carbocycles. The summed E-state index contributed by atoms with van der Waals surface area (Å²) in [6.07, 6.45) is -0.000323. The molecule has 0 aliphatic heterocycles. The molecule has 3 nitrogen and oxygen atoms in total. The van der Waals surface area contributed by atoms with E-state index >= 15 is 0 Å². The van der Waals surface area contributed by atoms with E-state index in [1.165, 1.54) is 18.2 Å². The highest BCUT2D eigenvalue weighted by atomic mass is 19.1. The first-order chi connectivity index (χ1) is 8.17. The number of ether oxygens (including phenoxy) is 1. The van der Waals surface area contributed by atoms with Crippen LogP contribution in [0.5, 0.6) is 0 Å². The molecule has 0 amide bonds. The Kier molecular flexibility index (Phi) is 5.18. The van der Waals surface area contributed by atoms with E-state index in [4.69, 9.17) is 9.84 Å². The molecule has 17 heavy (non-hydrogen) atoms. The van der Waals surface area contributed by atoms with Gasteiger partial charge in [0, 0.05) is 11.1 Å². The van der Waals surface area contributed by atoms with Crippen molar-refractivity contribution in [3.63, 3.8) is 0 Å². The summed E-state index contributed by atoms with van der Waals surface area (Å²) in [5.41, 5.74) is 0.743. The lowest BCUT2D eigenvalue weighted by Crippen LogP contribution is -2.01. The van der Waals surface area contributed by atoms with Crippen molar-refractivity contribution >= 4 is 5.97 Å². The first-order valence-electron chi connectivity index (χ1n) is 5.21. The fraction of sp³-hybridized carbons (Fsp3) is 0.308. The number of rotatable bonds is 3. The highest BCUT2D eigenvalue weighted by molar-refractivity contribution is 5.72. The predicted octanol–water partition coefficient (Wildman–Crippen LogP) is 1.62. The Morgan fingerprint density at radius 1 is 1.53 bits per heavy atom. The second kappa shape index (κ2) is 6.66. The van der Waals surface area contributed by atoms with Crippen LogP contribution in [0.25, 0.3) is 0 Å². The highest BCUT2D eigenvalue weighted by Crippen LogP contribution is 2.09. The van der Waals surface area contributed by atoms with Crippen LogP contribution in [0.3, 0.4) is 0 Å². The number of halogens is 1. The average Bonchev–Trinajstić information content (AvgIpc) is 2.31. The van der Waals surface area contributed by atoms with Gasteiger partial charge in [0.15, 0.2) is 0 Å². The summed E-state index contributed by atoms with van der Waals surface area (Å²) in [5, 5.41) is 8.86. The fourth-order valence-electron chi connectivity index (χ4n) is 1.20. The van der Waals surface area contributed by atoms with Crippen molar-refractivity contribution in [2.24, 2.45) is 0 Å². The summed E-state index contributed by atoms with van der Waals surface area (Å²) in [6, 6.07) is 4.18. The number of aliphatic hydroxyl groups is 1. The topological polar surface area (TPSA) is 46.5 Å². The zero-order chi connectivity index (χ0) is 12.7. The van der Waals surface area contributed by atoms with Crippen LogP contribution in [0.2, 0.25) is 0 Å². The number of benzene rings is 1. The van der Waals surface area contributed by atoms with Gasteiger partial charge in [-0.1, -0.05) is 11.8 Å². The third-order valence-corrected chi connectivity index (χ3v) is 1.99. The molecule has 0 unspecified atom stereocenters. The number of hydrogen-bond acceptors (Lipinski definition) is 3. The molecule has 0 fully saturated rings. The molecule has 90 valence electrons. The molecule has 0 bridgehead atoms. The van der Waals surface area contributed by atoms with E-state index in [-0.39, 0.29) is 24.6 Å². The van der Waals surface area contributed by atoms with Crippen molar-refractivity contribution in [2.45, 2.75) is 20.0 Å². The average molecular weight is 236 g/mol. The molecule has 1 aromatic rings. The first-order valence-corrected chi connectivity index (χ1v) is 5.21. The lowest BCUT2D eigenvalue weighted by atomic mass is 10.1. The van der Waals surface area contributed by atoms with Gasteiger partial charge in [0.05, 0.1) is 13.2 Å². The van der Waals surface area contributed by atoms with Crippen LogP contribution < -0.4 is 0 Å². The van der Waals surface area contributed by atoms with Crippen molar-refractivity contribution in [1.82, 2.24) is 0 Å². The van der Waals surface area contributed by atoms with Gasteiger partial charge in [-0.3, -0.25) is 4.79 Å². The largest absolute Gasteiger partial charge is 0.465 e. The van der Waals surface area contributed by atoms with Crippen LogP contribution in [-0.2, 0) is 16.1 Å². The minimum Gasteiger partial charge on any atom is -0.465 e. The van der Waals surface area contributed by atoms with E-state index in [0.29, 0.717) is 12.2 Å². The first kappa shape index (κ1) is 13.2. The van der Waals surface area contributed by atoms with Gasteiger partial charge >= 0.3 is 5.97 Å². The van der Waals surface area contributed by atoms with Gasteiger partial charge in [-0.25, -0.2) is 4.39 Å². The van der Waals surface area contributed by atoms with Crippen LogP contribution in [-0.4, -0.2) is 17.7 Å². The van der Waals surface area contributed by atoms with E-state index in [0.717, 1.165) is 0 Å². The summed E-state index contributed by atoms with van der Waals surface area (Å²) in [6.45, 7) is 1.67. The molecule has 0 spiro atoms. The van der Waals surface area contributed by atoms with Gasteiger partial charge in [0.2, 0.25) is 0 Å². The van der Waals surface area contributed by atoms with Gasteiger partial charge in [-0.2, -0.15) is 0 Å². The van der Waals surface area contributed by atoms with Gasteiger partial charge in [-0.15, -0.1) is 0 Å². The normalized spacial score (nSPS) is 9.35. The Hall–Kier alpha value is -1.86. The quantitative estimate of drug-likeness (QED) is 0.640. The Bertz CT molecular complexity index is 457. The Labute approximate surface area is 99.2 Å². The number of carbonyl (C=O) groups is 1. The molecule has 0 aliphatic carbocycles. The Balaban J connectivity index is 2.69. The molecule has 0 saturated carbocycles. The van der Waals surface area contributed by atoms with Crippen molar-refractivity contribution < 1.29 is 19.0 Å². The van der Waals surface area contributed by atoms with E-state index in [9.17, 15) is 9.18 Å². The summed E-state index contributed by atoms with van der Waals surface area (Å²) in [5.74, 6) is 4.48. The van der Waals surface area contributed by atoms with E-state index in [1.54, 1.807) is 6.92 Å². The molecule has 4 heteroatoms. The Morgan fingerprint density at radius 3 is 2.94 bits per heavy atom. The molecule has 1 N–H and O–H groups in total. The minimum absolute atomic E-state index is 0.000323. The van der Waals surface area contributed by atoms with Gasteiger partial charge in [0.1, 0.15) is 12.2 Å². The maximum absolute atomic E-state index is 13.0. The molecule has 0 heterocycles. The number of aliphatic hydroxyl groups excluding tert-OH is 1. The van der Waals surface area contributed by atoms with Crippen molar-refractivity contribution in [3.05, 3.63) is 35.1 Å². The molecule has 0 aromatic heterocycles. The third kappa shape index (κ3) is 4.25. The van der Waals surface area contributed by atoms with Crippen molar-refractivity contribution in [1.29, 1.82) is 0 Å². The van der Waals surface area contributed by atoms with Gasteiger partial charge in [-0.05, 0) is 25.1 Å². The molecular formula is C13H13FO3. The van der Waals surface area contributed by atoms with Crippen LogP contribution >= 0.6 is 0 Å². The summed E-state index contributed by atoms with van der Waals surface area (Å²) < 4.78 is 17.7. The summed E-state index contributed by atoms with van der Waals surface area (Å²) in [7, 11) is 0. The van der Waals surface area contributed by atoms with Crippen LogP contribution in [0, 0.1) is 17.7 Å². The standard InChI is InChI=1S/C13H13FO3/c1-2-17-13(16)5-3-4-10-6-7-12(14)11(8-10)9-15/h6-8,15H,2,5,9H2,1H3. The van der Waals surface area contributed by atoms with Crippen molar-refractivity contribution in [2.75, 3.05) is 6.61 Å². The second-order valence-corrected chi connectivity index (χ2v) is 3.25.